The van der Waals surface area contributed by atoms with E-state index in [1.165, 1.54) is 74.1 Å². The molecule has 3 saturated carbocycles. The standard InChI is InChI=1S/C8H8BNO2S.C7H6BNO2S.C5H3BBrNO2S.C5H5BN2O2S.C4H4BClO3.3C4H9.C3H5.C2H3N.CH4N2S.H2O.Sn/c1-12-8(11)5-6(9)10-7(13-5)4-2-3-4;8-5-4(7(10)11)12-6(9-5)3-1-2-3;2*1-10-4(9)2-3(6)8-5(7)11-2;1-9-4(8)2(7)3(5)6;3*1-3-4-2;1-2-3-1;1-2-3;2-1(3)4;;/h4H,2-3H2,1H3;3H,1-2H2,(H,10,11);1H3;1H3,(H2,7,8);3H,1H3;3*1,3-4H2,2H3;1H,2-3H2;1H3;(H4,2,3,4);1H2;/p-1. The molecule has 33 heteroatoms. The van der Waals surface area contributed by atoms with Crippen LogP contribution in [0.3, 0.4) is 0 Å². The third-order valence-electron chi connectivity index (χ3n) is 11.0. The van der Waals surface area contributed by atoms with Crippen LogP contribution >= 0.6 is 85.1 Å². The fourth-order valence-electron chi connectivity index (χ4n) is 6.71. The molecule has 3 aliphatic rings. The van der Waals surface area contributed by atoms with Gasteiger partial charge in [-0.25, -0.2) is 33.9 Å². The summed E-state index contributed by atoms with van der Waals surface area (Å²) in [7, 11) is 31.6. The number of ether oxygens (including phenoxy) is 4. The molecule has 20 nitrogen and oxygen atoms in total. The second kappa shape index (κ2) is 42.2. The number of halogens is 2. The molecule has 3 fully saturated rings. The monoisotopic (exact) mass is 1380 g/mol. The van der Waals surface area contributed by atoms with Crippen molar-refractivity contribution in [3.8, 4) is 6.07 Å². The molecule has 80 heavy (non-hydrogen) atoms. The molecule has 4 heterocycles. The fourth-order valence-corrected chi connectivity index (χ4v) is 29.5. The van der Waals surface area contributed by atoms with Crippen molar-refractivity contribution < 1.29 is 58.3 Å². The van der Waals surface area contributed by atoms with E-state index in [4.69, 9.17) is 66.9 Å². The van der Waals surface area contributed by atoms with Crippen LogP contribution in [0.1, 0.15) is 165 Å². The predicted octanol–water partition coefficient (Wildman–Crippen LogP) is 5.91. The maximum absolute atomic E-state index is 11.2. The van der Waals surface area contributed by atoms with Crippen LogP contribution in [-0.4, -0.2) is 163 Å². The Kier molecular flexibility index (Phi) is 41.4. The molecule has 1 unspecified atom stereocenters. The van der Waals surface area contributed by atoms with E-state index in [0.717, 1.165) is 65.5 Å². The summed E-state index contributed by atoms with van der Waals surface area (Å²) in [5.41, 5.74) is 15.3. The van der Waals surface area contributed by atoms with Crippen molar-refractivity contribution in [2.24, 2.45) is 11.5 Å². The Hall–Kier alpha value is -3.63. The number of thiazole rings is 4. The van der Waals surface area contributed by atoms with Gasteiger partial charge in [-0.2, -0.15) is 5.26 Å². The zero-order valence-electron chi connectivity index (χ0n) is 46.0. The van der Waals surface area contributed by atoms with E-state index >= 15 is 0 Å². The zero-order valence-corrected chi connectivity index (χ0v) is 55.3. The smallest absolute Gasteiger partial charge is 0.375 e. The Morgan fingerprint density at radius 3 is 1.29 bits per heavy atom. The summed E-state index contributed by atoms with van der Waals surface area (Å²) in [6, 6.07) is 1.75. The van der Waals surface area contributed by atoms with Crippen molar-refractivity contribution in [2.75, 3.05) is 34.2 Å². The van der Waals surface area contributed by atoms with Gasteiger partial charge < -0.3 is 46.7 Å². The number of carbonyl (C=O) groups excluding carboxylic acids is 5. The molecule has 3 aliphatic carbocycles. The number of hydrogen-bond acceptors (Lipinski definition) is 22. The average Bonchev–Trinajstić information content (AvgIpc) is 4.35. The number of aromatic nitrogens is 4. The summed E-state index contributed by atoms with van der Waals surface area (Å²) >= 11 is 15.3. The number of carbonyl (C=O) groups is 6. The minimum absolute atomic E-state index is 0. The average molecular weight is 1380 g/mol. The van der Waals surface area contributed by atoms with Gasteiger partial charge in [0.2, 0.25) is 5.78 Å². The topological polar surface area (TPSA) is 343 Å². The second-order valence-corrected chi connectivity index (χ2v) is 37.8. The quantitative estimate of drug-likeness (QED) is 0.0225. The number of nitriles is 1. The molecular formula is C47H66B5BrClN8O12S5Sn-. The number of anilines is 1. The summed E-state index contributed by atoms with van der Waals surface area (Å²) < 4.78 is 24.6. The first-order valence-electron chi connectivity index (χ1n) is 24.5. The van der Waals surface area contributed by atoms with Crippen molar-refractivity contribution in [2.45, 2.75) is 139 Å². The molecule has 4 aromatic rings. The molecule has 10 radical (unpaired) electrons. The van der Waals surface area contributed by atoms with Gasteiger partial charge in [-0.1, -0.05) is 11.3 Å². The van der Waals surface area contributed by atoms with Crippen LogP contribution in [0.15, 0.2) is 3.92 Å². The largest absolute Gasteiger partial charge is 0.870 e. The molecule has 0 bridgehead atoms. The van der Waals surface area contributed by atoms with E-state index in [-0.39, 0.29) is 48.2 Å². The Labute approximate surface area is 514 Å². The first kappa shape index (κ1) is 78.4. The maximum Gasteiger partial charge on any atom is 0.375 e. The predicted molar refractivity (Wildman–Crippen MR) is 332 cm³/mol. The first-order valence-corrected chi connectivity index (χ1v) is 37.2. The molecule has 7 rings (SSSR count). The summed E-state index contributed by atoms with van der Waals surface area (Å²) in [4.78, 5) is 80.8. The van der Waals surface area contributed by atoms with Crippen LogP contribution in [0.5, 0.6) is 0 Å². The van der Waals surface area contributed by atoms with Gasteiger partial charge in [0.15, 0.2) is 14.2 Å². The van der Waals surface area contributed by atoms with Crippen LogP contribution in [0, 0.1) is 11.3 Å². The number of ketones is 1. The Balaban J connectivity index is 0. The molecule has 430 valence electrons. The van der Waals surface area contributed by atoms with Crippen molar-refractivity contribution in [1.29, 1.82) is 5.26 Å². The summed E-state index contributed by atoms with van der Waals surface area (Å²) in [6.07, 6.45) is 16.8. The number of methoxy groups -OCH3 is 4. The van der Waals surface area contributed by atoms with E-state index in [0.29, 0.717) is 31.1 Å². The van der Waals surface area contributed by atoms with E-state index in [1.54, 1.807) is 51.5 Å². The number of nitrogens with zero attached hydrogens (tertiary/aromatic N) is 5. The number of rotatable bonds is 18. The van der Waals surface area contributed by atoms with Gasteiger partial charge in [0.05, 0.1) is 49.8 Å². The number of aromatic carboxylic acids is 1. The van der Waals surface area contributed by atoms with E-state index in [9.17, 15) is 28.8 Å². The van der Waals surface area contributed by atoms with Crippen LogP contribution in [0.2, 0.25) is 17.2 Å². The minimum atomic E-state index is -1.64. The van der Waals surface area contributed by atoms with Gasteiger partial charge in [0, 0.05) is 41.1 Å². The third kappa shape index (κ3) is 30.6. The Bertz CT molecular complexity index is 2540. The number of carboxylic acids is 1. The van der Waals surface area contributed by atoms with Crippen LogP contribution in [-0.2, 0) is 28.5 Å². The molecule has 0 amide bonds. The molecule has 1 atom stereocenters. The number of esters is 4. The van der Waals surface area contributed by atoms with Gasteiger partial charge in [-0.3, -0.25) is 14.8 Å². The van der Waals surface area contributed by atoms with Gasteiger partial charge in [0.1, 0.15) is 58.7 Å². The number of nitrogens with two attached hydrogens (primary N) is 3. The number of nitrogen functional groups attached to an aromatic ring is 1. The fraction of sp³-hybridized carbons (Fsp3) is 0.574. The van der Waals surface area contributed by atoms with Crippen molar-refractivity contribution in [3.63, 3.8) is 0 Å². The zero-order chi connectivity index (χ0) is 60.6. The van der Waals surface area contributed by atoms with E-state index in [2.05, 4.69) is 99.3 Å². The van der Waals surface area contributed by atoms with Gasteiger partial charge in [-0.05, 0) is 53.8 Å². The van der Waals surface area contributed by atoms with Crippen LogP contribution < -0.4 is 39.6 Å². The van der Waals surface area contributed by atoms with Crippen molar-refractivity contribution >= 4 is 211 Å². The molecule has 8 N–H and O–H groups in total. The molecule has 0 aliphatic heterocycles. The summed E-state index contributed by atoms with van der Waals surface area (Å²) in [6.45, 7) is 8.56. The normalized spacial score (nSPS) is 12.8. The molecule has 4 aromatic heterocycles. The number of alkyl halides is 1. The third-order valence-corrected chi connectivity index (χ3v) is 34.1. The van der Waals surface area contributed by atoms with Gasteiger partial charge >= 0.3 is 138 Å². The first-order chi connectivity index (χ1) is 37.2. The number of unbranched alkanes of at least 4 members (excludes halogenated alkanes) is 3. The van der Waals surface area contributed by atoms with E-state index in [1.807, 2.05) is 0 Å². The second-order valence-electron chi connectivity index (χ2n) is 17.1. The molecule has 0 saturated heterocycles. The van der Waals surface area contributed by atoms with Gasteiger partial charge in [0.25, 0.3) is 0 Å². The van der Waals surface area contributed by atoms with Crippen molar-refractivity contribution in [3.05, 3.63) is 33.4 Å². The molecular weight excluding hydrogens is 1320 g/mol. The number of thiocarbonyl (C=S) groups is 1. The van der Waals surface area contributed by atoms with Crippen LogP contribution in [0.25, 0.3) is 0 Å². The Morgan fingerprint density at radius 2 is 1.04 bits per heavy atom. The maximum atomic E-state index is 11.2. The van der Waals surface area contributed by atoms with Gasteiger partial charge in [-0.15, -0.1) is 45.6 Å². The number of Topliss-reactive ketones (excluding diaryl/α,β-unsaturated/α-hetero) is 1. The van der Waals surface area contributed by atoms with Crippen LogP contribution in [0.4, 0.5) is 5.13 Å². The van der Waals surface area contributed by atoms with Crippen molar-refractivity contribution in [1.82, 2.24) is 19.9 Å². The SMILES string of the molecule is CC#N.CCC[CH2][Sn]([CH2]CCC)([CH2]CCC)[CH]1CC1.NC(N)=S.[B]C(Cl)C(=O)C(=O)OC.[B]c1nc(Br)sc1C(=O)OC.[B]c1nc(C2CC2)sc1C(=O)O.[B]c1nc(C2CC2)sc1C(=O)OC.[B]c1nc(N)sc1C(=O)OC.[OH-]. The summed E-state index contributed by atoms with van der Waals surface area (Å²) in [5, 5.41) is 16.8. The summed E-state index contributed by atoms with van der Waals surface area (Å²) in [5.74, 6) is -3.26. The Morgan fingerprint density at radius 1 is 0.700 bits per heavy atom. The molecule has 0 spiro atoms. The number of hydrogen-bond donors (Lipinski definition) is 4. The number of carboxylic acid groups (broad SMARTS) is 1. The molecule has 0 aromatic carbocycles. The van der Waals surface area contributed by atoms with E-state index < -0.39 is 53.3 Å². The minimum Gasteiger partial charge on any atom is -0.870 e.